The van der Waals surface area contributed by atoms with E-state index in [1.165, 1.54) is 6.07 Å². The third-order valence-electron chi connectivity index (χ3n) is 3.78. The molecule has 0 saturated carbocycles. The van der Waals surface area contributed by atoms with E-state index in [9.17, 15) is 4.39 Å². The lowest BCUT2D eigenvalue weighted by atomic mass is 10.1. The topological polar surface area (TPSA) is 54.9 Å². The number of aliphatic imine (C=N–C) groups is 1. The Hall–Kier alpha value is -2.76. The van der Waals surface area contributed by atoms with Gasteiger partial charge < -0.3 is 20.1 Å². The summed E-state index contributed by atoms with van der Waals surface area (Å²) in [7, 11) is 4.92. The summed E-state index contributed by atoms with van der Waals surface area (Å²) in [6.07, 6.45) is 0.587. The molecule has 0 fully saturated rings. The van der Waals surface area contributed by atoms with Crippen molar-refractivity contribution in [3.63, 3.8) is 0 Å². The van der Waals surface area contributed by atoms with Gasteiger partial charge in [0.25, 0.3) is 0 Å². The van der Waals surface area contributed by atoms with Gasteiger partial charge in [0.05, 0.1) is 14.2 Å². The molecule has 2 rings (SSSR count). The lowest BCUT2D eigenvalue weighted by Crippen LogP contribution is -2.37. The van der Waals surface area contributed by atoms with E-state index in [0.29, 0.717) is 42.5 Å². The molecule has 0 aliphatic heterocycles. The fourth-order valence-corrected chi connectivity index (χ4v) is 2.41. The summed E-state index contributed by atoms with van der Waals surface area (Å²) in [6, 6.07) is 12.5. The second-order valence-electron chi connectivity index (χ2n) is 5.38. The van der Waals surface area contributed by atoms with Crippen molar-refractivity contribution in [2.24, 2.45) is 4.99 Å². The maximum atomic E-state index is 13.6. The van der Waals surface area contributed by atoms with Gasteiger partial charge in [-0.25, -0.2) is 4.39 Å². The molecule has 0 atom stereocenters. The van der Waals surface area contributed by atoms with Crippen LogP contribution in [-0.2, 0) is 13.0 Å². The molecular weight excluding hydrogens is 321 g/mol. The van der Waals surface area contributed by atoms with Crippen molar-refractivity contribution in [3.05, 3.63) is 59.4 Å². The second kappa shape index (κ2) is 9.52. The molecule has 2 aromatic carbocycles. The van der Waals surface area contributed by atoms with Crippen molar-refractivity contribution in [1.29, 1.82) is 0 Å². The molecule has 134 valence electrons. The summed E-state index contributed by atoms with van der Waals surface area (Å²) in [5.74, 6) is 1.85. The van der Waals surface area contributed by atoms with Crippen LogP contribution in [0.2, 0.25) is 0 Å². The number of hydrogen-bond donors (Lipinski definition) is 2. The SMILES string of the molecule is CN=C(NCCc1ccccc1F)NCc1ccc(OC)c(OC)c1. The first-order chi connectivity index (χ1) is 12.2. The molecule has 2 N–H and O–H groups in total. The number of benzene rings is 2. The number of methoxy groups -OCH3 is 2. The van der Waals surface area contributed by atoms with Crippen LogP contribution in [0.15, 0.2) is 47.5 Å². The van der Waals surface area contributed by atoms with E-state index in [4.69, 9.17) is 9.47 Å². The van der Waals surface area contributed by atoms with Crippen molar-refractivity contribution in [3.8, 4) is 11.5 Å². The van der Waals surface area contributed by atoms with Gasteiger partial charge in [-0.2, -0.15) is 0 Å². The molecule has 0 heterocycles. The predicted octanol–water partition coefficient (Wildman–Crippen LogP) is 2.75. The summed E-state index contributed by atoms with van der Waals surface area (Å²) in [5, 5.41) is 6.41. The zero-order valence-corrected chi connectivity index (χ0v) is 14.8. The van der Waals surface area contributed by atoms with Crippen molar-refractivity contribution in [2.75, 3.05) is 27.8 Å². The summed E-state index contributed by atoms with van der Waals surface area (Å²) in [6.45, 7) is 1.17. The second-order valence-corrected chi connectivity index (χ2v) is 5.38. The molecular formula is C19H24FN3O2. The molecule has 0 saturated heterocycles. The highest BCUT2D eigenvalue weighted by molar-refractivity contribution is 5.79. The Morgan fingerprint density at radius 2 is 1.80 bits per heavy atom. The number of nitrogens with zero attached hydrogens (tertiary/aromatic N) is 1. The fourth-order valence-electron chi connectivity index (χ4n) is 2.41. The van der Waals surface area contributed by atoms with E-state index in [1.807, 2.05) is 24.3 Å². The minimum absolute atomic E-state index is 0.183. The Bertz CT molecular complexity index is 720. The van der Waals surface area contributed by atoms with E-state index >= 15 is 0 Å². The number of rotatable bonds is 7. The van der Waals surface area contributed by atoms with Gasteiger partial charge in [0.15, 0.2) is 17.5 Å². The van der Waals surface area contributed by atoms with Crippen LogP contribution >= 0.6 is 0 Å². The maximum absolute atomic E-state index is 13.6. The van der Waals surface area contributed by atoms with E-state index in [0.717, 1.165) is 5.56 Å². The van der Waals surface area contributed by atoms with Gasteiger partial charge in [0.1, 0.15) is 5.82 Å². The van der Waals surface area contributed by atoms with Crippen molar-refractivity contribution in [1.82, 2.24) is 10.6 Å². The molecule has 0 radical (unpaired) electrons. The monoisotopic (exact) mass is 345 g/mol. The Morgan fingerprint density at radius 1 is 1.04 bits per heavy atom. The predicted molar refractivity (Wildman–Crippen MR) is 97.9 cm³/mol. The van der Waals surface area contributed by atoms with Gasteiger partial charge in [0, 0.05) is 20.1 Å². The summed E-state index contributed by atoms with van der Waals surface area (Å²) < 4.78 is 24.1. The van der Waals surface area contributed by atoms with Crippen LogP contribution in [0, 0.1) is 5.82 Å². The normalized spacial score (nSPS) is 11.1. The van der Waals surface area contributed by atoms with Crippen LogP contribution in [0.1, 0.15) is 11.1 Å². The first kappa shape index (κ1) is 18.6. The molecule has 0 bridgehead atoms. The third-order valence-corrected chi connectivity index (χ3v) is 3.78. The van der Waals surface area contributed by atoms with Gasteiger partial charge in [-0.05, 0) is 35.7 Å². The number of guanidine groups is 1. The first-order valence-corrected chi connectivity index (χ1v) is 8.06. The van der Waals surface area contributed by atoms with E-state index < -0.39 is 0 Å². The van der Waals surface area contributed by atoms with E-state index in [1.54, 1.807) is 33.4 Å². The molecule has 0 unspecified atom stereocenters. The Labute approximate surface area is 147 Å². The fraction of sp³-hybridized carbons (Fsp3) is 0.316. The smallest absolute Gasteiger partial charge is 0.191 e. The van der Waals surface area contributed by atoms with Crippen LogP contribution in [-0.4, -0.2) is 33.8 Å². The molecule has 5 nitrogen and oxygen atoms in total. The molecule has 0 spiro atoms. The van der Waals surface area contributed by atoms with Crippen molar-refractivity contribution in [2.45, 2.75) is 13.0 Å². The van der Waals surface area contributed by atoms with Gasteiger partial charge in [-0.1, -0.05) is 24.3 Å². The highest BCUT2D eigenvalue weighted by atomic mass is 19.1. The molecule has 0 amide bonds. The highest BCUT2D eigenvalue weighted by Gasteiger charge is 2.06. The van der Waals surface area contributed by atoms with Crippen LogP contribution < -0.4 is 20.1 Å². The van der Waals surface area contributed by atoms with Crippen LogP contribution in [0.3, 0.4) is 0 Å². The Morgan fingerprint density at radius 3 is 2.48 bits per heavy atom. The number of halogens is 1. The van der Waals surface area contributed by atoms with Crippen LogP contribution in [0.25, 0.3) is 0 Å². The van der Waals surface area contributed by atoms with Gasteiger partial charge in [0.2, 0.25) is 0 Å². The van der Waals surface area contributed by atoms with Gasteiger partial charge in [-0.15, -0.1) is 0 Å². The first-order valence-electron chi connectivity index (χ1n) is 8.06. The van der Waals surface area contributed by atoms with E-state index in [-0.39, 0.29) is 5.82 Å². The van der Waals surface area contributed by atoms with Crippen LogP contribution in [0.4, 0.5) is 4.39 Å². The summed E-state index contributed by atoms with van der Waals surface area (Å²) >= 11 is 0. The lowest BCUT2D eigenvalue weighted by molar-refractivity contribution is 0.354. The molecule has 25 heavy (non-hydrogen) atoms. The molecule has 2 aromatic rings. The molecule has 6 heteroatoms. The average molecular weight is 345 g/mol. The van der Waals surface area contributed by atoms with Gasteiger partial charge in [-0.3, -0.25) is 4.99 Å². The minimum atomic E-state index is -0.183. The maximum Gasteiger partial charge on any atom is 0.191 e. The Kier molecular flexibility index (Phi) is 7.07. The van der Waals surface area contributed by atoms with Crippen molar-refractivity contribution >= 4 is 5.96 Å². The largest absolute Gasteiger partial charge is 0.493 e. The standard InChI is InChI=1S/C19H24FN3O2/c1-21-19(22-11-10-15-6-4-5-7-16(15)20)23-13-14-8-9-17(24-2)18(12-14)25-3/h4-9,12H,10-11,13H2,1-3H3,(H2,21,22,23). The van der Waals surface area contributed by atoms with E-state index in [2.05, 4.69) is 15.6 Å². The molecule has 0 aliphatic carbocycles. The lowest BCUT2D eigenvalue weighted by Gasteiger charge is -2.13. The quantitative estimate of drug-likeness (QED) is 0.598. The minimum Gasteiger partial charge on any atom is -0.493 e. The van der Waals surface area contributed by atoms with Crippen LogP contribution in [0.5, 0.6) is 11.5 Å². The number of nitrogens with one attached hydrogen (secondary N) is 2. The Balaban J connectivity index is 1.85. The third kappa shape index (κ3) is 5.38. The number of ether oxygens (including phenoxy) is 2. The summed E-state index contributed by atoms with van der Waals surface area (Å²) in [4.78, 5) is 4.18. The van der Waals surface area contributed by atoms with Crippen molar-refractivity contribution < 1.29 is 13.9 Å². The zero-order valence-electron chi connectivity index (χ0n) is 14.8. The van der Waals surface area contributed by atoms with Gasteiger partial charge >= 0.3 is 0 Å². The zero-order chi connectivity index (χ0) is 18.1. The summed E-state index contributed by atoms with van der Waals surface area (Å²) in [5.41, 5.74) is 1.72. The highest BCUT2D eigenvalue weighted by Crippen LogP contribution is 2.27. The number of hydrogen-bond acceptors (Lipinski definition) is 3. The average Bonchev–Trinajstić information content (AvgIpc) is 2.65. The molecule has 0 aliphatic rings. The molecule has 0 aromatic heterocycles.